The Labute approximate surface area is 124 Å². The van der Waals surface area contributed by atoms with Crippen molar-refractivity contribution in [1.82, 2.24) is 25.1 Å². The van der Waals surface area contributed by atoms with Crippen molar-refractivity contribution >= 4 is 0 Å². The number of aromatic amines is 2. The molecule has 0 saturated heterocycles. The number of hydrogen-bond acceptors (Lipinski definition) is 3. The number of nitrogens with one attached hydrogen (secondary N) is 2. The minimum atomic E-state index is 0.785. The number of aromatic nitrogens is 4. The van der Waals surface area contributed by atoms with Crippen LogP contribution in [0.3, 0.4) is 0 Å². The second-order valence-corrected chi connectivity index (χ2v) is 5.33. The predicted molar refractivity (Wildman–Crippen MR) is 82.5 cm³/mol. The summed E-state index contributed by atoms with van der Waals surface area (Å²) < 4.78 is 0. The van der Waals surface area contributed by atoms with E-state index in [9.17, 15) is 0 Å². The maximum absolute atomic E-state index is 4.38. The molecule has 3 aromatic rings. The summed E-state index contributed by atoms with van der Waals surface area (Å²) in [5.74, 6) is 0.984. The molecule has 0 unspecified atom stereocenters. The third-order valence-electron chi connectivity index (χ3n) is 3.32. The molecule has 3 rings (SSSR count). The van der Waals surface area contributed by atoms with E-state index in [1.807, 2.05) is 31.3 Å². The van der Waals surface area contributed by atoms with Gasteiger partial charge in [-0.3, -0.25) is 10.00 Å². The van der Waals surface area contributed by atoms with Crippen molar-refractivity contribution in [3.63, 3.8) is 0 Å². The van der Waals surface area contributed by atoms with Crippen LogP contribution in [0, 0.1) is 6.92 Å². The maximum Gasteiger partial charge on any atom is 0.120 e. The standard InChI is InChI=1S/C16H19N5/c1-12-9-17-16(18-12)11-21(2)10-14-8-15(20-19-14)13-6-4-3-5-7-13/h3-9H,10-11H2,1-2H3,(H,17,18)(H,19,20). The van der Waals surface area contributed by atoms with Gasteiger partial charge in [0.05, 0.1) is 12.2 Å². The number of aryl methyl sites for hydroxylation is 1. The van der Waals surface area contributed by atoms with Crippen LogP contribution >= 0.6 is 0 Å². The zero-order chi connectivity index (χ0) is 14.7. The molecule has 0 aliphatic carbocycles. The van der Waals surface area contributed by atoms with Crippen LogP contribution in [0.2, 0.25) is 0 Å². The normalized spacial score (nSPS) is 11.2. The average molecular weight is 281 g/mol. The Kier molecular flexibility index (Phi) is 3.83. The van der Waals surface area contributed by atoms with Crippen LogP contribution < -0.4 is 0 Å². The highest BCUT2D eigenvalue weighted by Crippen LogP contribution is 2.17. The topological polar surface area (TPSA) is 60.6 Å². The summed E-state index contributed by atoms with van der Waals surface area (Å²) in [4.78, 5) is 9.77. The van der Waals surface area contributed by atoms with E-state index in [1.165, 1.54) is 0 Å². The van der Waals surface area contributed by atoms with E-state index >= 15 is 0 Å². The fourth-order valence-electron chi connectivity index (χ4n) is 2.35. The molecule has 0 fully saturated rings. The first-order valence-electron chi connectivity index (χ1n) is 6.99. The van der Waals surface area contributed by atoms with Crippen molar-refractivity contribution in [3.8, 4) is 11.3 Å². The summed E-state index contributed by atoms with van der Waals surface area (Å²) in [6.45, 7) is 3.60. The monoisotopic (exact) mass is 281 g/mol. The third-order valence-corrected chi connectivity index (χ3v) is 3.32. The molecule has 1 aromatic carbocycles. The summed E-state index contributed by atoms with van der Waals surface area (Å²) in [5, 5.41) is 7.48. The molecule has 5 heteroatoms. The Hall–Kier alpha value is -2.40. The van der Waals surface area contributed by atoms with Crippen molar-refractivity contribution in [2.75, 3.05) is 7.05 Å². The zero-order valence-electron chi connectivity index (χ0n) is 12.3. The first-order chi connectivity index (χ1) is 10.2. The molecule has 0 aliphatic rings. The van der Waals surface area contributed by atoms with Gasteiger partial charge in [-0.25, -0.2) is 4.98 Å². The van der Waals surface area contributed by atoms with Crippen LogP contribution in [-0.4, -0.2) is 32.1 Å². The fraction of sp³-hybridized carbons (Fsp3) is 0.250. The molecule has 0 atom stereocenters. The summed E-state index contributed by atoms with van der Waals surface area (Å²) in [7, 11) is 2.07. The zero-order valence-corrected chi connectivity index (χ0v) is 12.3. The van der Waals surface area contributed by atoms with Crippen molar-refractivity contribution in [2.24, 2.45) is 0 Å². The molecular formula is C16H19N5. The van der Waals surface area contributed by atoms with Gasteiger partial charge in [0.25, 0.3) is 0 Å². The molecule has 0 bridgehead atoms. The van der Waals surface area contributed by atoms with Gasteiger partial charge in [0.15, 0.2) is 0 Å². The molecule has 0 saturated carbocycles. The van der Waals surface area contributed by atoms with Gasteiger partial charge in [-0.2, -0.15) is 5.10 Å². The van der Waals surface area contributed by atoms with Gasteiger partial charge >= 0.3 is 0 Å². The van der Waals surface area contributed by atoms with Crippen molar-refractivity contribution in [2.45, 2.75) is 20.0 Å². The number of hydrogen-bond donors (Lipinski definition) is 2. The maximum atomic E-state index is 4.38. The van der Waals surface area contributed by atoms with Crippen molar-refractivity contribution < 1.29 is 0 Å². The second-order valence-electron chi connectivity index (χ2n) is 5.33. The van der Waals surface area contributed by atoms with Gasteiger partial charge in [0.1, 0.15) is 5.82 Å². The molecule has 0 spiro atoms. The van der Waals surface area contributed by atoms with Crippen LogP contribution in [0.1, 0.15) is 17.2 Å². The van der Waals surface area contributed by atoms with E-state index in [0.717, 1.165) is 41.6 Å². The molecule has 2 heterocycles. The third kappa shape index (κ3) is 3.38. The van der Waals surface area contributed by atoms with E-state index in [4.69, 9.17) is 0 Å². The first-order valence-corrected chi connectivity index (χ1v) is 6.99. The Morgan fingerprint density at radius 3 is 2.67 bits per heavy atom. The molecule has 108 valence electrons. The lowest BCUT2D eigenvalue weighted by molar-refractivity contribution is 0.307. The van der Waals surface area contributed by atoms with Crippen molar-refractivity contribution in [1.29, 1.82) is 0 Å². The summed E-state index contributed by atoms with van der Waals surface area (Å²) in [5.41, 5.74) is 4.29. The smallest absolute Gasteiger partial charge is 0.120 e. The number of rotatable bonds is 5. The molecule has 21 heavy (non-hydrogen) atoms. The molecule has 2 N–H and O–H groups in total. The van der Waals surface area contributed by atoms with Crippen LogP contribution in [0.5, 0.6) is 0 Å². The van der Waals surface area contributed by atoms with Gasteiger partial charge in [-0.1, -0.05) is 30.3 Å². The molecule has 0 amide bonds. The molecule has 0 radical (unpaired) electrons. The van der Waals surface area contributed by atoms with Crippen LogP contribution in [0.15, 0.2) is 42.6 Å². The second kappa shape index (κ2) is 5.93. The number of H-pyrrole nitrogens is 2. The Balaban J connectivity index is 1.64. The lowest BCUT2D eigenvalue weighted by Gasteiger charge is -2.13. The van der Waals surface area contributed by atoms with E-state index in [1.54, 1.807) is 0 Å². The van der Waals surface area contributed by atoms with Crippen LogP contribution in [0.4, 0.5) is 0 Å². The molecular weight excluding hydrogens is 262 g/mol. The van der Waals surface area contributed by atoms with E-state index < -0.39 is 0 Å². The SMILES string of the molecule is Cc1cnc(CN(C)Cc2cc(-c3ccccc3)n[nH]2)[nH]1. The highest BCUT2D eigenvalue weighted by atomic mass is 15.2. The highest BCUT2D eigenvalue weighted by Gasteiger charge is 2.08. The Morgan fingerprint density at radius 1 is 1.14 bits per heavy atom. The quantitative estimate of drug-likeness (QED) is 0.756. The first kappa shape index (κ1) is 13.6. The summed E-state index contributed by atoms with van der Waals surface area (Å²) >= 11 is 0. The highest BCUT2D eigenvalue weighted by molar-refractivity contribution is 5.58. The Morgan fingerprint density at radius 2 is 1.95 bits per heavy atom. The molecule has 2 aromatic heterocycles. The van der Waals surface area contributed by atoms with E-state index in [2.05, 4.69) is 50.3 Å². The van der Waals surface area contributed by atoms with Gasteiger partial charge in [-0.15, -0.1) is 0 Å². The van der Waals surface area contributed by atoms with Crippen LogP contribution in [-0.2, 0) is 13.1 Å². The van der Waals surface area contributed by atoms with Gasteiger partial charge < -0.3 is 4.98 Å². The van der Waals surface area contributed by atoms with Gasteiger partial charge in [0.2, 0.25) is 0 Å². The molecule has 5 nitrogen and oxygen atoms in total. The molecule has 0 aliphatic heterocycles. The van der Waals surface area contributed by atoms with Gasteiger partial charge in [-0.05, 0) is 20.0 Å². The van der Waals surface area contributed by atoms with Gasteiger partial charge in [0, 0.05) is 29.7 Å². The lowest BCUT2D eigenvalue weighted by atomic mass is 10.1. The summed E-state index contributed by atoms with van der Waals surface area (Å²) in [6.07, 6.45) is 1.85. The van der Waals surface area contributed by atoms with E-state index in [-0.39, 0.29) is 0 Å². The summed E-state index contributed by atoms with van der Waals surface area (Å²) in [6, 6.07) is 12.3. The van der Waals surface area contributed by atoms with E-state index in [0.29, 0.717) is 0 Å². The minimum Gasteiger partial charge on any atom is -0.345 e. The number of imidazole rings is 1. The van der Waals surface area contributed by atoms with Crippen LogP contribution in [0.25, 0.3) is 11.3 Å². The predicted octanol–water partition coefficient (Wildman–Crippen LogP) is 2.74. The Bertz CT molecular complexity index is 698. The number of nitrogens with zero attached hydrogens (tertiary/aromatic N) is 3. The average Bonchev–Trinajstić information content (AvgIpc) is 3.09. The lowest BCUT2D eigenvalue weighted by Crippen LogP contribution is -2.18. The minimum absolute atomic E-state index is 0.785. The fourth-order valence-corrected chi connectivity index (χ4v) is 2.35. The largest absolute Gasteiger partial charge is 0.345 e. The number of benzene rings is 1. The van der Waals surface area contributed by atoms with Crippen molar-refractivity contribution in [3.05, 3.63) is 59.8 Å².